The first kappa shape index (κ1) is 18.0. The lowest BCUT2D eigenvalue weighted by Gasteiger charge is -2.19. The Morgan fingerprint density at radius 3 is 2.69 bits per heavy atom. The molecule has 0 saturated carbocycles. The van der Waals surface area contributed by atoms with Crippen molar-refractivity contribution < 1.29 is 19.4 Å². The zero-order valence-corrected chi connectivity index (χ0v) is 15.4. The summed E-state index contributed by atoms with van der Waals surface area (Å²) in [6.07, 6.45) is 0.744. The van der Waals surface area contributed by atoms with Gasteiger partial charge in [-0.05, 0) is 44.0 Å². The number of rotatable bonds is 5. The Kier molecular flexibility index (Phi) is 4.71. The highest BCUT2D eigenvalue weighted by Gasteiger charge is 2.29. The molecule has 7 nitrogen and oxygen atoms in total. The molecule has 3 rings (SSSR count). The number of carboxylic acids is 1. The topological polar surface area (TPSA) is 93.5 Å². The molecule has 0 bridgehead atoms. The van der Waals surface area contributed by atoms with Gasteiger partial charge in [0.25, 0.3) is 0 Å². The Morgan fingerprint density at radius 2 is 2.08 bits per heavy atom. The predicted molar refractivity (Wildman–Crippen MR) is 95.3 cm³/mol. The molecular formula is C19H23N3O4. The lowest BCUT2D eigenvalue weighted by Crippen LogP contribution is -2.36. The third-order valence-corrected chi connectivity index (χ3v) is 4.97. The van der Waals surface area contributed by atoms with Crippen molar-refractivity contribution in [1.29, 1.82) is 0 Å². The molecule has 2 N–H and O–H groups in total. The summed E-state index contributed by atoms with van der Waals surface area (Å²) in [6.45, 7) is 6.11. The summed E-state index contributed by atoms with van der Waals surface area (Å²) in [5.74, 6) is -1.15. The molecule has 1 aliphatic heterocycles. The molecule has 2 heterocycles. The summed E-state index contributed by atoms with van der Waals surface area (Å²) >= 11 is 0. The fourth-order valence-corrected chi connectivity index (χ4v) is 3.49. The molecule has 0 radical (unpaired) electrons. The van der Waals surface area contributed by atoms with Crippen LogP contribution in [0.4, 0.5) is 0 Å². The number of carboxylic acid groups (broad SMARTS) is 1. The van der Waals surface area contributed by atoms with E-state index in [1.165, 1.54) is 0 Å². The van der Waals surface area contributed by atoms with E-state index >= 15 is 0 Å². The Bertz CT molecular complexity index is 872. The van der Waals surface area contributed by atoms with Crippen LogP contribution in [0.1, 0.15) is 47.0 Å². The van der Waals surface area contributed by atoms with Gasteiger partial charge in [0.1, 0.15) is 5.75 Å². The fraction of sp³-hybridized carbons (Fsp3) is 0.421. The van der Waals surface area contributed by atoms with Gasteiger partial charge in [0.05, 0.1) is 18.2 Å². The first-order valence-electron chi connectivity index (χ1n) is 8.58. The third kappa shape index (κ3) is 3.16. The van der Waals surface area contributed by atoms with Crippen LogP contribution in [0.15, 0.2) is 18.2 Å². The van der Waals surface area contributed by atoms with Gasteiger partial charge in [-0.1, -0.05) is 6.07 Å². The largest absolute Gasteiger partial charge is 0.493 e. The number of nitrogens with zero attached hydrogens (tertiary/aromatic N) is 2. The number of aryl methyl sites for hydroxylation is 2. The molecule has 0 fully saturated rings. The summed E-state index contributed by atoms with van der Waals surface area (Å²) in [5, 5.41) is 16.6. The zero-order chi connectivity index (χ0) is 19.0. The van der Waals surface area contributed by atoms with Gasteiger partial charge in [-0.2, -0.15) is 5.10 Å². The number of ether oxygens (including phenoxy) is 1. The lowest BCUT2D eigenvalue weighted by molar-refractivity contribution is -0.142. The number of aliphatic carboxylic acids is 1. The smallest absolute Gasteiger partial charge is 0.330 e. The van der Waals surface area contributed by atoms with Crippen LogP contribution in [0.2, 0.25) is 0 Å². The molecule has 1 aliphatic rings. The lowest BCUT2D eigenvalue weighted by atomic mass is 9.96. The number of amides is 1. The first-order valence-corrected chi connectivity index (χ1v) is 8.58. The van der Waals surface area contributed by atoms with E-state index in [9.17, 15) is 14.7 Å². The first-order chi connectivity index (χ1) is 12.3. The number of hydrogen-bond acceptors (Lipinski definition) is 4. The van der Waals surface area contributed by atoms with Gasteiger partial charge in [0.15, 0.2) is 6.04 Å². The minimum absolute atomic E-state index is 0.339. The van der Waals surface area contributed by atoms with Gasteiger partial charge in [-0.15, -0.1) is 0 Å². The van der Waals surface area contributed by atoms with Crippen molar-refractivity contribution >= 4 is 11.9 Å². The molecule has 7 heteroatoms. The monoisotopic (exact) mass is 357 g/mol. The minimum Gasteiger partial charge on any atom is -0.493 e. The molecule has 1 amide bonds. The maximum absolute atomic E-state index is 12.7. The number of benzene rings is 1. The summed E-state index contributed by atoms with van der Waals surface area (Å²) in [5.41, 5.74) is 4.01. The van der Waals surface area contributed by atoms with Crippen molar-refractivity contribution in [2.24, 2.45) is 7.05 Å². The van der Waals surface area contributed by atoms with Gasteiger partial charge < -0.3 is 15.2 Å². The fourth-order valence-electron chi connectivity index (χ4n) is 3.49. The third-order valence-electron chi connectivity index (χ3n) is 4.97. The Morgan fingerprint density at radius 1 is 1.35 bits per heavy atom. The molecule has 0 spiro atoms. The van der Waals surface area contributed by atoms with Crippen molar-refractivity contribution in [2.75, 3.05) is 6.61 Å². The predicted octanol–water partition coefficient (Wildman–Crippen LogP) is 2.02. The van der Waals surface area contributed by atoms with Gasteiger partial charge in [0.2, 0.25) is 5.91 Å². The van der Waals surface area contributed by atoms with Crippen LogP contribution in [-0.2, 0) is 23.1 Å². The molecular weight excluding hydrogens is 334 g/mol. The summed E-state index contributed by atoms with van der Waals surface area (Å²) < 4.78 is 7.18. The number of carbonyl (C=O) groups excluding carboxylic acids is 1. The van der Waals surface area contributed by atoms with Crippen LogP contribution in [0.5, 0.6) is 5.75 Å². The highest BCUT2D eigenvalue weighted by atomic mass is 16.5. The quantitative estimate of drug-likeness (QED) is 0.854. The molecule has 0 aliphatic carbocycles. The second kappa shape index (κ2) is 6.82. The van der Waals surface area contributed by atoms with Crippen LogP contribution in [-0.4, -0.2) is 33.4 Å². The molecule has 26 heavy (non-hydrogen) atoms. The van der Waals surface area contributed by atoms with Crippen LogP contribution >= 0.6 is 0 Å². The van der Waals surface area contributed by atoms with E-state index in [2.05, 4.69) is 10.4 Å². The number of fused-ring (bicyclic) bond motifs is 1. The highest BCUT2D eigenvalue weighted by molar-refractivity contribution is 5.88. The maximum Gasteiger partial charge on any atom is 0.330 e. The summed E-state index contributed by atoms with van der Waals surface area (Å²) in [7, 11) is 1.82. The molecule has 138 valence electrons. The van der Waals surface area contributed by atoms with Crippen molar-refractivity contribution in [3.63, 3.8) is 0 Å². The van der Waals surface area contributed by atoms with Crippen molar-refractivity contribution in [3.05, 3.63) is 46.3 Å². The van der Waals surface area contributed by atoms with Gasteiger partial charge >= 0.3 is 5.97 Å². The normalized spacial score (nSPS) is 15.1. The summed E-state index contributed by atoms with van der Waals surface area (Å²) in [6, 6.07) is 4.15. The van der Waals surface area contributed by atoms with Gasteiger partial charge in [0, 0.05) is 24.7 Å². The Hall–Kier alpha value is -2.83. The zero-order valence-electron chi connectivity index (χ0n) is 15.4. The average molecular weight is 357 g/mol. The maximum atomic E-state index is 12.7. The van der Waals surface area contributed by atoms with Crippen molar-refractivity contribution in [1.82, 2.24) is 15.1 Å². The number of nitrogens with one attached hydrogen (secondary N) is 1. The molecule has 1 aromatic heterocycles. The van der Waals surface area contributed by atoms with E-state index in [0.717, 1.165) is 34.7 Å². The number of carbonyl (C=O) groups is 2. The molecule has 2 atom stereocenters. The second-order valence-electron chi connectivity index (χ2n) is 6.68. The second-order valence-corrected chi connectivity index (χ2v) is 6.68. The van der Waals surface area contributed by atoms with Gasteiger partial charge in [-0.3, -0.25) is 9.48 Å². The average Bonchev–Trinajstić information content (AvgIpc) is 3.15. The standard InChI is InChI=1S/C19H23N3O4/c1-10(16-11(2)21-22(4)12(16)3)18(23)20-17(19(24)25)14-5-6-15-13(9-14)7-8-26-15/h5-6,9-10,17H,7-8H2,1-4H3,(H,20,23)(H,24,25). The Balaban J connectivity index is 1.84. The van der Waals surface area contributed by atoms with E-state index in [0.29, 0.717) is 12.2 Å². The Labute approximate surface area is 152 Å². The van der Waals surface area contributed by atoms with E-state index in [1.54, 1.807) is 29.8 Å². The highest BCUT2D eigenvalue weighted by Crippen LogP contribution is 2.29. The molecule has 2 unspecified atom stereocenters. The number of hydrogen-bond donors (Lipinski definition) is 2. The van der Waals surface area contributed by atoms with Crippen LogP contribution in [0.25, 0.3) is 0 Å². The summed E-state index contributed by atoms with van der Waals surface area (Å²) in [4.78, 5) is 24.5. The van der Waals surface area contributed by atoms with Crippen molar-refractivity contribution in [3.8, 4) is 5.75 Å². The van der Waals surface area contributed by atoms with E-state index in [-0.39, 0.29) is 5.91 Å². The van der Waals surface area contributed by atoms with Gasteiger partial charge in [-0.25, -0.2) is 4.79 Å². The van der Waals surface area contributed by atoms with E-state index in [1.807, 2.05) is 20.9 Å². The number of aromatic nitrogens is 2. The van der Waals surface area contributed by atoms with E-state index in [4.69, 9.17) is 4.74 Å². The minimum atomic E-state index is -1.10. The SMILES string of the molecule is Cc1nn(C)c(C)c1C(C)C(=O)NC(C(=O)O)c1ccc2c(c1)CCO2. The molecule has 2 aromatic rings. The van der Waals surface area contributed by atoms with E-state index < -0.39 is 17.9 Å². The van der Waals surface area contributed by atoms with Crippen LogP contribution in [0.3, 0.4) is 0 Å². The molecule has 0 saturated heterocycles. The van der Waals surface area contributed by atoms with Crippen LogP contribution < -0.4 is 10.1 Å². The van der Waals surface area contributed by atoms with Crippen molar-refractivity contribution in [2.45, 2.75) is 39.2 Å². The van der Waals surface area contributed by atoms with Crippen LogP contribution in [0, 0.1) is 13.8 Å². The molecule has 1 aromatic carbocycles.